The molecule has 212 valence electrons. The third-order valence-corrected chi connectivity index (χ3v) is 8.45. The van der Waals surface area contributed by atoms with E-state index in [1.54, 1.807) is 18.7 Å². The fourth-order valence-corrected chi connectivity index (χ4v) is 5.33. The Morgan fingerprint density at radius 3 is 2.35 bits per heavy atom. The molecule has 2 amide bonds. The van der Waals surface area contributed by atoms with Gasteiger partial charge in [0.05, 0.1) is 19.1 Å². The molecule has 0 aliphatic carbocycles. The van der Waals surface area contributed by atoms with Crippen LogP contribution < -0.4 is 5.32 Å². The number of ketones is 2. The van der Waals surface area contributed by atoms with Gasteiger partial charge in [-0.2, -0.15) is 0 Å². The highest BCUT2D eigenvalue weighted by Gasteiger charge is 2.37. The van der Waals surface area contributed by atoms with Gasteiger partial charge in [0.15, 0.2) is 0 Å². The van der Waals surface area contributed by atoms with Gasteiger partial charge < -0.3 is 28.8 Å². The molecule has 0 aromatic heterocycles. The molecule has 4 atom stereocenters. The summed E-state index contributed by atoms with van der Waals surface area (Å²) in [4.78, 5) is 61.2. The molecular formula is C24H41N2O9PS. The molecule has 2 unspecified atom stereocenters. The average molecular weight is 565 g/mol. The van der Waals surface area contributed by atoms with Gasteiger partial charge >= 0.3 is 12.7 Å². The number of rotatable bonds is 18. The number of ether oxygens (including phenoxy) is 1. The van der Waals surface area contributed by atoms with E-state index in [-0.39, 0.29) is 61.8 Å². The molecule has 0 radical (unpaired) electrons. The van der Waals surface area contributed by atoms with Gasteiger partial charge in [-0.15, -0.1) is 0 Å². The SMILES string of the molecule is CCC(=O)CCC(CNC(=O)CC)OP(=S)(OC)OCC(=O)N1C[C@H](OC(=O)CCC(C)=O)C[C@H]1CC. The summed E-state index contributed by atoms with van der Waals surface area (Å²) in [6.45, 7) is 3.42. The van der Waals surface area contributed by atoms with E-state index in [4.69, 9.17) is 30.1 Å². The summed E-state index contributed by atoms with van der Waals surface area (Å²) in [6.07, 6.45) is 1.45. The molecule has 11 nitrogen and oxygen atoms in total. The molecule has 0 bridgehead atoms. The van der Waals surface area contributed by atoms with Crippen molar-refractivity contribution in [3.8, 4) is 0 Å². The van der Waals surface area contributed by atoms with Crippen LogP contribution >= 0.6 is 6.72 Å². The van der Waals surface area contributed by atoms with Crippen LogP contribution in [0.1, 0.15) is 79.1 Å². The maximum Gasteiger partial charge on any atom is 0.327 e. The topological polar surface area (TPSA) is 138 Å². The molecule has 13 heteroatoms. The number of hydrogen-bond acceptors (Lipinski definition) is 10. The first-order chi connectivity index (χ1) is 17.5. The standard InChI is InChI=1S/C24H41N2O9PS/c1-6-18-13-21(34-24(31)12-9-17(4)27)15-26(18)23(30)16-33-36(37,32-5)35-20(11-10-19(28)7-2)14-25-22(29)8-3/h18,20-21H,6-16H2,1-5H3,(H,25,29)/t18-,20?,21-,36?/m1/s1. The van der Waals surface area contributed by atoms with Crippen molar-refractivity contribution in [2.24, 2.45) is 0 Å². The summed E-state index contributed by atoms with van der Waals surface area (Å²) in [5, 5.41) is 2.73. The first-order valence-electron chi connectivity index (χ1n) is 12.7. The van der Waals surface area contributed by atoms with Gasteiger partial charge in [0.2, 0.25) is 11.8 Å². The van der Waals surface area contributed by atoms with Crippen molar-refractivity contribution in [1.29, 1.82) is 0 Å². The van der Waals surface area contributed by atoms with Gasteiger partial charge in [-0.3, -0.25) is 23.7 Å². The molecule has 0 spiro atoms. The first-order valence-corrected chi connectivity index (χ1v) is 15.3. The predicted octanol–water partition coefficient (Wildman–Crippen LogP) is 2.84. The van der Waals surface area contributed by atoms with E-state index in [1.807, 2.05) is 6.92 Å². The Morgan fingerprint density at radius 2 is 1.78 bits per heavy atom. The molecule has 1 saturated heterocycles. The number of carbonyl (C=O) groups is 5. The number of nitrogens with zero attached hydrogens (tertiary/aromatic N) is 1. The monoisotopic (exact) mass is 564 g/mol. The normalized spacial score (nSPS) is 19.6. The van der Waals surface area contributed by atoms with E-state index in [2.05, 4.69) is 5.32 Å². The van der Waals surface area contributed by atoms with E-state index >= 15 is 0 Å². The van der Waals surface area contributed by atoms with Crippen molar-refractivity contribution in [3.05, 3.63) is 0 Å². The zero-order chi connectivity index (χ0) is 28.0. The largest absolute Gasteiger partial charge is 0.460 e. The van der Waals surface area contributed by atoms with Crippen LogP contribution in [0.2, 0.25) is 0 Å². The summed E-state index contributed by atoms with van der Waals surface area (Å²) < 4.78 is 22.4. The summed E-state index contributed by atoms with van der Waals surface area (Å²) in [6, 6.07) is -0.139. The average Bonchev–Trinajstić information content (AvgIpc) is 3.29. The van der Waals surface area contributed by atoms with Crippen LogP contribution in [-0.2, 0) is 54.1 Å². The van der Waals surface area contributed by atoms with Crippen molar-refractivity contribution >= 4 is 47.9 Å². The minimum absolute atomic E-state index is 0.0114. The Hall–Kier alpha value is -1.72. The van der Waals surface area contributed by atoms with Crippen LogP contribution in [0.3, 0.4) is 0 Å². The Labute approximate surface area is 224 Å². The van der Waals surface area contributed by atoms with Crippen LogP contribution in [0.4, 0.5) is 0 Å². The molecule has 0 aromatic carbocycles. The van der Waals surface area contributed by atoms with Crippen molar-refractivity contribution in [1.82, 2.24) is 10.2 Å². The maximum atomic E-state index is 13.0. The van der Waals surface area contributed by atoms with Crippen LogP contribution in [-0.4, -0.2) is 79.3 Å². The smallest absolute Gasteiger partial charge is 0.327 e. The van der Waals surface area contributed by atoms with E-state index in [0.29, 0.717) is 32.1 Å². The Balaban J connectivity index is 2.75. The molecule has 0 saturated carbocycles. The van der Waals surface area contributed by atoms with Gasteiger partial charge in [0, 0.05) is 51.8 Å². The zero-order valence-electron chi connectivity index (χ0n) is 22.5. The second-order valence-electron chi connectivity index (χ2n) is 8.88. The third kappa shape index (κ3) is 12.6. The van der Waals surface area contributed by atoms with Crippen molar-refractivity contribution in [2.75, 3.05) is 26.8 Å². The number of amides is 2. The van der Waals surface area contributed by atoms with Crippen LogP contribution in [0.5, 0.6) is 0 Å². The number of likely N-dealkylation sites (tertiary alicyclic amines) is 1. The second-order valence-corrected chi connectivity index (χ2v) is 11.9. The van der Waals surface area contributed by atoms with Gasteiger partial charge in [-0.25, -0.2) is 0 Å². The fourth-order valence-electron chi connectivity index (χ4n) is 3.74. The van der Waals surface area contributed by atoms with Crippen molar-refractivity contribution in [3.63, 3.8) is 0 Å². The van der Waals surface area contributed by atoms with E-state index in [1.165, 1.54) is 14.0 Å². The van der Waals surface area contributed by atoms with E-state index in [0.717, 1.165) is 0 Å². The lowest BCUT2D eigenvalue weighted by molar-refractivity contribution is -0.150. The lowest BCUT2D eigenvalue weighted by Gasteiger charge is -2.28. The molecule has 1 rings (SSSR count). The van der Waals surface area contributed by atoms with Gasteiger partial charge in [-0.05, 0) is 31.6 Å². The van der Waals surface area contributed by atoms with E-state index < -0.39 is 31.5 Å². The molecule has 1 aliphatic heterocycles. The minimum atomic E-state index is -3.37. The Kier molecular flexibility index (Phi) is 15.3. The van der Waals surface area contributed by atoms with Crippen molar-refractivity contribution in [2.45, 2.75) is 97.3 Å². The number of carbonyl (C=O) groups excluding carboxylic acids is 5. The molecule has 1 N–H and O–H groups in total. The summed E-state index contributed by atoms with van der Waals surface area (Å²) >= 11 is 5.46. The second kappa shape index (κ2) is 17.0. The quantitative estimate of drug-likeness (QED) is 0.195. The summed E-state index contributed by atoms with van der Waals surface area (Å²) in [5.41, 5.74) is 0. The van der Waals surface area contributed by atoms with Crippen LogP contribution in [0.25, 0.3) is 0 Å². The first kappa shape index (κ1) is 33.3. The highest BCUT2D eigenvalue weighted by atomic mass is 32.5. The number of Topliss-reactive ketones (excluding diaryl/α,β-unsaturated/α-hetero) is 2. The predicted molar refractivity (Wildman–Crippen MR) is 140 cm³/mol. The number of esters is 1. The number of nitrogens with one attached hydrogen (secondary N) is 1. The fraction of sp³-hybridized carbons (Fsp3) is 0.792. The molecule has 37 heavy (non-hydrogen) atoms. The number of hydrogen-bond donors (Lipinski definition) is 1. The van der Waals surface area contributed by atoms with Gasteiger partial charge in [0.1, 0.15) is 24.3 Å². The molecular weight excluding hydrogens is 523 g/mol. The molecule has 1 fully saturated rings. The van der Waals surface area contributed by atoms with E-state index in [9.17, 15) is 24.0 Å². The lowest BCUT2D eigenvalue weighted by atomic mass is 10.1. The van der Waals surface area contributed by atoms with Gasteiger partial charge in [-0.1, -0.05) is 20.8 Å². The Bertz CT molecular complexity index is 834. The Morgan fingerprint density at radius 1 is 1.08 bits per heavy atom. The summed E-state index contributed by atoms with van der Waals surface area (Å²) in [5.74, 6) is -1.03. The lowest BCUT2D eigenvalue weighted by Crippen LogP contribution is -2.38. The zero-order valence-corrected chi connectivity index (χ0v) is 24.2. The third-order valence-electron chi connectivity index (χ3n) is 5.98. The molecule has 1 heterocycles. The minimum Gasteiger partial charge on any atom is -0.460 e. The highest BCUT2D eigenvalue weighted by Crippen LogP contribution is 2.50. The van der Waals surface area contributed by atoms with Gasteiger partial charge in [0.25, 0.3) is 0 Å². The van der Waals surface area contributed by atoms with Crippen LogP contribution in [0.15, 0.2) is 0 Å². The summed E-state index contributed by atoms with van der Waals surface area (Å²) in [7, 11) is 1.32. The highest BCUT2D eigenvalue weighted by molar-refractivity contribution is 8.07. The molecule has 0 aromatic rings. The van der Waals surface area contributed by atoms with Crippen LogP contribution in [0, 0.1) is 0 Å². The van der Waals surface area contributed by atoms with Crippen molar-refractivity contribution < 1.29 is 42.3 Å². The maximum absolute atomic E-state index is 13.0. The molecule has 1 aliphatic rings.